The standard InChI is InChI=1S/C13H20N4O3/c1-14-12-5-4-11(17(19)20)13(15-12)16-7-2-3-10(9-16)6-8-18/h4-5,10,18H,2-3,6-9H2,1H3,(H,14,15). The molecule has 1 aromatic heterocycles. The van der Waals surface area contributed by atoms with Crippen LogP contribution in [0.5, 0.6) is 0 Å². The van der Waals surface area contributed by atoms with Crippen LogP contribution in [0, 0.1) is 16.0 Å². The van der Waals surface area contributed by atoms with E-state index in [4.69, 9.17) is 5.11 Å². The van der Waals surface area contributed by atoms with Crippen LogP contribution in [0.25, 0.3) is 0 Å². The minimum atomic E-state index is -0.391. The quantitative estimate of drug-likeness (QED) is 0.629. The van der Waals surface area contributed by atoms with E-state index in [0.717, 1.165) is 25.8 Å². The van der Waals surface area contributed by atoms with E-state index in [9.17, 15) is 10.1 Å². The van der Waals surface area contributed by atoms with Gasteiger partial charge in [-0.25, -0.2) is 4.98 Å². The van der Waals surface area contributed by atoms with Gasteiger partial charge in [-0.3, -0.25) is 10.1 Å². The monoisotopic (exact) mass is 280 g/mol. The van der Waals surface area contributed by atoms with Crippen molar-refractivity contribution in [2.75, 3.05) is 37.0 Å². The lowest BCUT2D eigenvalue weighted by molar-refractivity contribution is -0.384. The first kappa shape index (κ1) is 14.5. The molecule has 7 heteroatoms. The van der Waals surface area contributed by atoms with Crippen molar-refractivity contribution in [3.05, 3.63) is 22.2 Å². The number of pyridine rings is 1. The van der Waals surface area contributed by atoms with Gasteiger partial charge in [-0.1, -0.05) is 0 Å². The van der Waals surface area contributed by atoms with Crippen LogP contribution in [-0.2, 0) is 0 Å². The second-order valence-electron chi connectivity index (χ2n) is 5.01. The molecule has 110 valence electrons. The second kappa shape index (κ2) is 6.51. The molecule has 1 saturated heterocycles. The molecular formula is C13H20N4O3. The Labute approximate surface area is 117 Å². The van der Waals surface area contributed by atoms with Crippen molar-refractivity contribution >= 4 is 17.3 Å². The molecule has 2 heterocycles. The van der Waals surface area contributed by atoms with E-state index in [0.29, 0.717) is 24.1 Å². The lowest BCUT2D eigenvalue weighted by Crippen LogP contribution is -2.36. The fourth-order valence-electron chi connectivity index (χ4n) is 2.63. The number of aliphatic hydroxyl groups excluding tert-OH is 1. The van der Waals surface area contributed by atoms with Gasteiger partial charge in [0.25, 0.3) is 0 Å². The van der Waals surface area contributed by atoms with E-state index in [2.05, 4.69) is 10.3 Å². The third-order valence-corrected chi connectivity index (χ3v) is 3.66. The van der Waals surface area contributed by atoms with Gasteiger partial charge >= 0.3 is 5.69 Å². The van der Waals surface area contributed by atoms with E-state index in [1.165, 1.54) is 6.07 Å². The summed E-state index contributed by atoms with van der Waals surface area (Å²) in [7, 11) is 1.74. The largest absolute Gasteiger partial charge is 0.396 e. The molecule has 20 heavy (non-hydrogen) atoms. The van der Waals surface area contributed by atoms with Crippen molar-refractivity contribution < 1.29 is 10.0 Å². The predicted octanol–water partition coefficient (Wildman–Crippen LogP) is 1.63. The maximum Gasteiger partial charge on any atom is 0.311 e. The lowest BCUT2D eigenvalue weighted by atomic mass is 9.95. The van der Waals surface area contributed by atoms with Crippen LogP contribution in [0.2, 0.25) is 0 Å². The highest BCUT2D eigenvalue weighted by molar-refractivity contribution is 5.62. The van der Waals surface area contributed by atoms with Gasteiger partial charge in [0.05, 0.1) is 4.92 Å². The van der Waals surface area contributed by atoms with Gasteiger partial charge in [-0.2, -0.15) is 0 Å². The van der Waals surface area contributed by atoms with Gasteiger partial charge in [-0.05, 0) is 31.2 Å². The van der Waals surface area contributed by atoms with Crippen molar-refractivity contribution in [1.29, 1.82) is 0 Å². The number of nitro groups is 1. The summed E-state index contributed by atoms with van der Waals surface area (Å²) in [6, 6.07) is 3.10. The van der Waals surface area contributed by atoms with Crippen molar-refractivity contribution in [3.8, 4) is 0 Å². The zero-order valence-corrected chi connectivity index (χ0v) is 11.6. The Kier molecular flexibility index (Phi) is 4.73. The highest BCUT2D eigenvalue weighted by Gasteiger charge is 2.26. The first-order valence-electron chi connectivity index (χ1n) is 6.84. The molecule has 2 N–H and O–H groups in total. The summed E-state index contributed by atoms with van der Waals surface area (Å²) in [6.45, 7) is 1.63. The van der Waals surface area contributed by atoms with Crippen LogP contribution in [-0.4, -0.2) is 41.8 Å². The number of hydrogen-bond donors (Lipinski definition) is 2. The topological polar surface area (TPSA) is 91.5 Å². The molecule has 0 aliphatic carbocycles. The SMILES string of the molecule is CNc1ccc([N+](=O)[O-])c(N2CCCC(CCO)C2)n1. The summed E-state index contributed by atoms with van der Waals surface area (Å²) in [6.07, 6.45) is 2.75. The first-order valence-corrected chi connectivity index (χ1v) is 6.84. The van der Waals surface area contributed by atoms with Crippen LogP contribution >= 0.6 is 0 Å². The molecule has 1 aliphatic heterocycles. The van der Waals surface area contributed by atoms with Crippen molar-refractivity contribution in [3.63, 3.8) is 0 Å². The second-order valence-corrected chi connectivity index (χ2v) is 5.01. The van der Waals surface area contributed by atoms with E-state index >= 15 is 0 Å². The van der Waals surface area contributed by atoms with Crippen LogP contribution in [0.3, 0.4) is 0 Å². The van der Waals surface area contributed by atoms with Crippen LogP contribution in [0.15, 0.2) is 12.1 Å². The molecule has 0 bridgehead atoms. The van der Waals surface area contributed by atoms with E-state index in [-0.39, 0.29) is 12.3 Å². The molecule has 0 radical (unpaired) electrons. The normalized spacial score (nSPS) is 18.9. The molecule has 1 unspecified atom stereocenters. The lowest BCUT2D eigenvalue weighted by Gasteiger charge is -2.33. The number of nitrogens with zero attached hydrogens (tertiary/aromatic N) is 3. The number of rotatable bonds is 5. The van der Waals surface area contributed by atoms with Crippen molar-refractivity contribution in [2.45, 2.75) is 19.3 Å². The van der Waals surface area contributed by atoms with Gasteiger partial charge < -0.3 is 15.3 Å². The van der Waals surface area contributed by atoms with Crippen molar-refractivity contribution in [2.24, 2.45) is 5.92 Å². The maximum absolute atomic E-state index is 11.1. The molecule has 0 saturated carbocycles. The molecule has 7 nitrogen and oxygen atoms in total. The maximum atomic E-state index is 11.1. The molecule has 1 fully saturated rings. The number of anilines is 2. The Morgan fingerprint density at radius 1 is 1.60 bits per heavy atom. The molecular weight excluding hydrogens is 260 g/mol. The predicted molar refractivity (Wildman–Crippen MR) is 77.1 cm³/mol. The van der Waals surface area contributed by atoms with Crippen LogP contribution in [0.1, 0.15) is 19.3 Å². The number of piperidine rings is 1. The van der Waals surface area contributed by atoms with Crippen molar-refractivity contribution in [1.82, 2.24) is 4.98 Å². The molecule has 0 spiro atoms. The van der Waals surface area contributed by atoms with E-state index in [1.54, 1.807) is 13.1 Å². The summed E-state index contributed by atoms with van der Waals surface area (Å²) in [5.41, 5.74) is 0.0358. The summed E-state index contributed by atoms with van der Waals surface area (Å²) in [4.78, 5) is 17.1. The summed E-state index contributed by atoms with van der Waals surface area (Å²) in [5.74, 6) is 1.41. The fraction of sp³-hybridized carbons (Fsp3) is 0.615. The van der Waals surface area contributed by atoms with Gasteiger partial charge in [0, 0.05) is 32.8 Å². The molecule has 1 aliphatic rings. The van der Waals surface area contributed by atoms with Gasteiger partial charge in [0.2, 0.25) is 5.82 Å². The molecule has 2 rings (SSSR count). The minimum Gasteiger partial charge on any atom is -0.396 e. The Bertz CT molecular complexity index is 479. The number of nitrogens with one attached hydrogen (secondary N) is 1. The van der Waals surface area contributed by atoms with Crippen LogP contribution in [0.4, 0.5) is 17.3 Å². The number of aromatic nitrogens is 1. The Morgan fingerprint density at radius 3 is 3.05 bits per heavy atom. The Balaban J connectivity index is 2.27. The smallest absolute Gasteiger partial charge is 0.311 e. The summed E-state index contributed by atoms with van der Waals surface area (Å²) < 4.78 is 0. The number of aliphatic hydroxyl groups is 1. The zero-order chi connectivity index (χ0) is 14.5. The van der Waals surface area contributed by atoms with Gasteiger partial charge in [0.1, 0.15) is 5.82 Å². The minimum absolute atomic E-state index is 0.0358. The summed E-state index contributed by atoms with van der Waals surface area (Å²) in [5, 5.41) is 23.1. The fourth-order valence-corrected chi connectivity index (χ4v) is 2.63. The third kappa shape index (κ3) is 3.16. The highest BCUT2D eigenvalue weighted by atomic mass is 16.6. The van der Waals surface area contributed by atoms with E-state index in [1.807, 2.05) is 4.90 Å². The average molecular weight is 280 g/mol. The average Bonchev–Trinajstić information content (AvgIpc) is 2.47. The molecule has 1 atom stereocenters. The first-order chi connectivity index (χ1) is 9.65. The van der Waals surface area contributed by atoms with Gasteiger partial charge in [-0.15, -0.1) is 0 Å². The van der Waals surface area contributed by atoms with Gasteiger partial charge in [0.15, 0.2) is 0 Å². The summed E-state index contributed by atoms with van der Waals surface area (Å²) >= 11 is 0. The Hall–Kier alpha value is -1.89. The van der Waals surface area contributed by atoms with E-state index < -0.39 is 4.92 Å². The highest BCUT2D eigenvalue weighted by Crippen LogP contribution is 2.31. The molecule has 1 aromatic rings. The Morgan fingerprint density at radius 2 is 2.40 bits per heavy atom. The number of hydrogen-bond acceptors (Lipinski definition) is 6. The van der Waals surface area contributed by atoms with Crippen LogP contribution < -0.4 is 10.2 Å². The molecule has 0 amide bonds. The zero-order valence-electron chi connectivity index (χ0n) is 11.6. The molecule has 0 aromatic carbocycles. The third-order valence-electron chi connectivity index (χ3n) is 3.66.